The smallest absolute Gasteiger partial charge is 0.314 e. The Labute approximate surface area is 102 Å². The Balaban J connectivity index is 2.93. The second-order valence-electron chi connectivity index (χ2n) is 3.17. The number of rotatable bonds is 4. The van der Waals surface area contributed by atoms with Crippen molar-refractivity contribution >= 4 is 34.3 Å². The van der Waals surface area contributed by atoms with Gasteiger partial charge in [-0.25, -0.2) is 0 Å². The number of carboxylic acids is 1. The number of carbonyl (C=O) groups is 2. The van der Waals surface area contributed by atoms with Gasteiger partial charge in [0.1, 0.15) is 5.92 Å². The minimum Gasteiger partial charge on any atom is -0.481 e. The number of halogens is 1. The summed E-state index contributed by atoms with van der Waals surface area (Å²) in [6.45, 7) is 1.70. The Morgan fingerprint density at radius 3 is 2.27 bits per heavy atom. The molecule has 0 spiro atoms. The van der Waals surface area contributed by atoms with Gasteiger partial charge < -0.3 is 5.11 Å². The number of benzene rings is 1. The highest BCUT2D eigenvalue weighted by atomic mass is 127. The Morgan fingerprint density at radius 1 is 1.33 bits per heavy atom. The van der Waals surface area contributed by atoms with Gasteiger partial charge in [0.05, 0.1) is 0 Å². The van der Waals surface area contributed by atoms with E-state index in [2.05, 4.69) is 22.6 Å². The van der Waals surface area contributed by atoms with E-state index in [4.69, 9.17) is 5.11 Å². The zero-order valence-corrected chi connectivity index (χ0v) is 10.4. The van der Waals surface area contributed by atoms with E-state index in [0.717, 1.165) is 3.57 Å². The van der Waals surface area contributed by atoms with Crippen LogP contribution in [0.25, 0.3) is 0 Å². The summed E-state index contributed by atoms with van der Waals surface area (Å²) >= 11 is 2.13. The van der Waals surface area contributed by atoms with Crippen molar-refractivity contribution in [3.05, 3.63) is 33.4 Å². The fourth-order valence-electron chi connectivity index (χ4n) is 1.29. The molecule has 1 aromatic rings. The fourth-order valence-corrected chi connectivity index (χ4v) is 1.65. The number of hydrogen-bond acceptors (Lipinski definition) is 2. The highest BCUT2D eigenvalue weighted by molar-refractivity contribution is 14.1. The zero-order chi connectivity index (χ0) is 11.4. The van der Waals surface area contributed by atoms with Crippen molar-refractivity contribution in [2.24, 2.45) is 5.92 Å². The van der Waals surface area contributed by atoms with Crippen molar-refractivity contribution in [2.45, 2.75) is 13.3 Å². The molecular weight excluding hydrogens is 307 g/mol. The summed E-state index contributed by atoms with van der Waals surface area (Å²) in [5, 5.41) is 8.84. The Bertz CT molecular complexity index is 370. The lowest BCUT2D eigenvalue weighted by Crippen LogP contribution is -2.23. The molecule has 0 saturated carbocycles. The van der Waals surface area contributed by atoms with Crippen molar-refractivity contribution < 1.29 is 14.7 Å². The van der Waals surface area contributed by atoms with Gasteiger partial charge in [-0.05, 0) is 41.1 Å². The molecule has 4 heteroatoms. The molecule has 0 aliphatic heterocycles. The highest BCUT2D eigenvalue weighted by Crippen LogP contribution is 2.14. The molecule has 15 heavy (non-hydrogen) atoms. The van der Waals surface area contributed by atoms with Crippen LogP contribution in [0.2, 0.25) is 0 Å². The summed E-state index contributed by atoms with van der Waals surface area (Å²) in [6, 6.07) is 6.91. The lowest BCUT2D eigenvalue weighted by atomic mass is 9.95. The molecule has 0 aromatic heterocycles. The molecule has 1 N–H and O–H groups in total. The summed E-state index contributed by atoms with van der Waals surface area (Å²) < 4.78 is 1.02. The third-order valence-electron chi connectivity index (χ3n) is 2.15. The molecule has 1 atom stereocenters. The monoisotopic (exact) mass is 318 g/mol. The van der Waals surface area contributed by atoms with Crippen molar-refractivity contribution in [2.75, 3.05) is 0 Å². The van der Waals surface area contributed by atoms with Crippen LogP contribution in [0.15, 0.2) is 24.3 Å². The van der Waals surface area contributed by atoms with E-state index in [1.165, 1.54) is 0 Å². The lowest BCUT2D eigenvalue weighted by molar-refractivity contribution is -0.140. The van der Waals surface area contributed by atoms with E-state index >= 15 is 0 Å². The van der Waals surface area contributed by atoms with E-state index in [9.17, 15) is 9.59 Å². The normalized spacial score (nSPS) is 12.1. The first-order valence-electron chi connectivity index (χ1n) is 4.58. The average molecular weight is 318 g/mol. The largest absolute Gasteiger partial charge is 0.481 e. The van der Waals surface area contributed by atoms with Crippen LogP contribution in [0.3, 0.4) is 0 Å². The first-order valence-corrected chi connectivity index (χ1v) is 5.66. The van der Waals surface area contributed by atoms with Crippen LogP contribution in [0, 0.1) is 9.49 Å². The number of carboxylic acid groups (broad SMARTS) is 1. The van der Waals surface area contributed by atoms with Gasteiger partial charge in [-0.2, -0.15) is 0 Å². The topological polar surface area (TPSA) is 54.4 Å². The van der Waals surface area contributed by atoms with Crippen LogP contribution < -0.4 is 0 Å². The summed E-state index contributed by atoms with van der Waals surface area (Å²) in [7, 11) is 0. The first kappa shape index (κ1) is 12.2. The second kappa shape index (κ2) is 5.25. The van der Waals surface area contributed by atoms with Crippen LogP contribution in [-0.2, 0) is 4.79 Å². The summed E-state index contributed by atoms with van der Waals surface area (Å²) in [6.07, 6.45) is 0.320. The predicted octanol–water partition coefficient (Wildman–Crippen LogP) is 2.58. The summed E-state index contributed by atoms with van der Waals surface area (Å²) in [5.74, 6) is -2.30. The lowest BCUT2D eigenvalue weighted by Gasteiger charge is -2.08. The molecule has 0 aliphatic rings. The molecular formula is C11H11IO3. The standard InChI is InChI=1S/C11H11IO3/c1-2-9(11(14)15)10(13)7-3-5-8(12)6-4-7/h3-6,9H,2H2,1H3,(H,14,15)/t9-/m0/s1. The van der Waals surface area contributed by atoms with Crippen LogP contribution in [-0.4, -0.2) is 16.9 Å². The minimum atomic E-state index is -1.05. The number of carbonyl (C=O) groups excluding carboxylic acids is 1. The Morgan fingerprint density at radius 2 is 1.87 bits per heavy atom. The third-order valence-corrected chi connectivity index (χ3v) is 2.87. The Kier molecular flexibility index (Phi) is 4.26. The molecule has 0 heterocycles. The molecule has 3 nitrogen and oxygen atoms in total. The SMILES string of the molecule is CC[C@H](C(=O)O)C(=O)c1ccc(I)cc1. The number of ketones is 1. The first-order chi connectivity index (χ1) is 7.06. The molecule has 80 valence electrons. The average Bonchev–Trinajstić information content (AvgIpc) is 2.19. The molecule has 0 bridgehead atoms. The molecule has 0 aliphatic carbocycles. The summed E-state index contributed by atoms with van der Waals surface area (Å²) in [5.41, 5.74) is 0.463. The quantitative estimate of drug-likeness (QED) is 0.527. The van der Waals surface area contributed by atoms with E-state index in [1.54, 1.807) is 31.2 Å². The van der Waals surface area contributed by atoms with Gasteiger partial charge in [-0.3, -0.25) is 9.59 Å². The van der Waals surface area contributed by atoms with E-state index in [0.29, 0.717) is 12.0 Å². The van der Waals surface area contributed by atoms with Gasteiger partial charge in [-0.1, -0.05) is 19.1 Å². The highest BCUT2D eigenvalue weighted by Gasteiger charge is 2.24. The van der Waals surface area contributed by atoms with Crippen molar-refractivity contribution in [3.8, 4) is 0 Å². The number of hydrogen-bond donors (Lipinski definition) is 1. The van der Waals surface area contributed by atoms with Crippen LogP contribution >= 0.6 is 22.6 Å². The Hall–Kier alpha value is -0.910. The van der Waals surface area contributed by atoms with Gasteiger partial charge in [0.15, 0.2) is 5.78 Å². The van der Waals surface area contributed by atoms with Gasteiger partial charge in [0.25, 0.3) is 0 Å². The number of aliphatic carboxylic acids is 1. The van der Waals surface area contributed by atoms with Crippen LogP contribution in [0.4, 0.5) is 0 Å². The van der Waals surface area contributed by atoms with Gasteiger partial charge >= 0.3 is 5.97 Å². The molecule has 0 amide bonds. The summed E-state index contributed by atoms with van der Waals surface area (Å²) in [4.78, 5) is 22.5. The second-order valence-corrected chi connectivity index (χ2v) is 4.42. The predicted molar refractivity (Wildman–Crippen MR) is 64.9 cm³/mol. The van der Waals surface area contributed by atoms with Crippen LogP contribution in [0.1, 0.15) is 23.7 Å². The zero-order valence-electron chi connectivity index (χ0n) is 8.24. The van der Waals surface area contributed by atoms with Crippen molar-refractivity contribution in [1.82, 2.24) is 0 Å². The number of Topliss-reactive ketones (excluding diaryl/α,β-unsaturated/α-hetero) is 1. The maximum absolute atomic E-state index is 11.7. The third kappa shape index (κ3) is 3.02. The fraction of sp³-hybridized carbons (Fsp3) is 0.273. The molecule has 0 radical (unpaired) electrons. The van der Waals surface area contributed by atoms with Crippen molar-refractivity contribution in [1.29, 1.82) is 0 Å². The van der Waals surface area contributed by atoms with E-state index in [1.807, 2.05) is 0 Å². The van der Waals surface area contributed by atoms with Gasteiger partial charge in [0.2, 0.25) is 0 Å². The van der Waals surface area contributed by atoms with Gasteiger partial charge in [0, 0.05) is 9.13 Å². The molecule has 0 saturated heterocycles. The van der Waals surface area contributed by atoms with E-state index in [-0.39, 0.29) is 5.78 Å². The van der Waals surface area contributed by atoms with Gasteiger partial charge in [-0.15, -0.1) is 0 Å². The maximum Gasteiger partial charge on any atom is 0.314 e. The van der Waals surface area contributed by atoms with E-state index < -0.39 is 11.9 Å². The molecule has 1 rings (SSSR count). The maximum atomic E-state index is 11.7. The molecule has 0 fully saturated rings. The molecule has 0 unspecified atom stereocenters. The molecule has 1 aromatic carbocycles. The van der Waals surface area contributed by atoms with Crippen molar-refractivity contribution in [3.63, 3.8) is 0 Å². The minimum absolute atomic E-state index is 0.318. The van der Waals surface area contributed by atoms with Crippen LogP contribution in [0.5, 0.6) is 0 Å².